The highest BCUT2D eigenvalue weighted by atomic mass is 16.3. The Morgan fingerprint density at radius 1 is 0.750 bits per heavy atom. The maximum atomic E-state index is 14.8. The lowest BCUT2D eigenvalue weighted by molar-refractivity contribution is 0.0409. The van der Waals surface area contributed by atoms with Crippen LogP contribution in [0.1, 0.15) is 118 Å². The minimum absolute atomic E-state index is 0.0471. The fourth-order valence-electron chi connectivity index (χ4n) is 7.20. The number of hydrogen-bond acceptors (Lipinski definition) is 4. The zero-order chi connectivity index (χ0) is 30.8. The van der Waals surface area contributed by atoms with Gasteiger partial charge in [0.2, 0.25) is 0 Å². The molecule has 44 heavy (non-hydrogen) atoms. The summed E-state index contributed by atoms with van der Waals surface area (Å²) >= 11 is 0. The monoisotopic (exact) mass is 594 g/mol. The topological polar surface area (TPSA) is 76.6 Å². The number of nitrogens with one attached hydrogen (secondary N) is 1. The second kappa shape index (κ2) is 15.4. The number of phenolic OH excluding ortho intramolecular Hbond substituents is 2. The molecule has 4 aromatic rings. The van der Waals surface area contributed by atoms with Crippen LogP contribution in [0.5, 0.6) is 11.5 Å². The number of nitrogens with zero attached hydrogens (tertiary/aromatic N) is 1. The second-order valence-electron chi connectivity index (χ2n) is 12.7. The van der Waals surface area contributed by atoms with Crippen molar-refractivity contribution in [2.24, 2.45) is 0 Å². The maximum Gasteiger partial charge on any atom is 0.187 e. The zero-order valence-corrected chi connectivity index (χ0v) is 26.5. The summed E-state index contributed by atoms with van der Waals surface area (Å²) in [7, 11) is 0. The number of fused-ring (bicyclic) bond motifs is 3. The summed E-state index contributed by atoms with van der Waals surface area (Å²) in [6.07, 6.45) is 16.8. The summed E-state index contributed by atoms with van der Waals surface area (Å²) < 4.78 is 0. The Morgan fingerprint density at radius 3 is 1.95 bits per heavy atom. The second-order valence-corrected chi connectivity index (χ2v) is 12.7. The Hall–Kier alpha value is -3.57. The van der Waals surface area contributed by atoms with Gasteiger partial charge in [0.05, 0.1) is 0 Å². The number of carbonyl (C=O) groups is 1. The molecule has 1 aromatic heterocycles. The summed E-state index contributed by atoms with van der Waals surface area (Å²) in [6.45, 7) is 3.68. The molecule has 0 fully saturated rings. The molecule has 1 aliphatic heterocycles. The molecule has 3 aromatic carbocycles. The molecule has 1 aliphatic rings. The van der Waals surface area contributed by atoms with Gasteiger partial charge in [-0.25, -0.2) is 0 Å². The summed E-state index contributed by atoms with van der Waals surface area (Å²) in [5.74, 6) is 0.394. The lowest BCUT2D eigenvalue weighted by Gasteiger charge is -2.45. The Bertz CT molecular complexity index is 1470. The van der Waals surface area contributed by atoms with Gasteiger partial charge in [0.25, 0.3) is 0 Å². The average Bonchev–Trinajstić information content (AvgIpc) is 3.42. The predicted octanol–water partition coefficient (Wildman–Crippen LogP) is 9.81. The van der Waals surface area contributed by atoms with Gasteiger partial charge in [-0.1, -0.05) is 114 Å². The molecule has 234 valence electrons. The third-order valence-corrected chi connectivity index (χ3v) is 9.66. The highest BCUT2D eigenvalue weighted by Gasteiger charge is 2.46. The third kappa shape index (κ3) is 7.38. The van der Waals surface area contributed by atoms with Crippen LogP contribution in [0, 0.1) is 0 Å². The van der Waals surface area contributed by atoms with E-state index in [-0.39, 0.29) is 17.3 Å². The van der Waals surface area contributed by atoms with E-state index in [1.54, 1.807) is 36.4 Å². The quantitative estimate of drug-likeness (QED) is 0.0840. The number of hydrogen-bond donors (Lipinski definition) is 3. The summed E-state index contributed by atoms with van der Waals surface area (Å²) in [5.41, 5.74) is 4.28. The van der Waals surface area contributed by atoms with Crippen LogP contribution in [0.25, 0.3) is 10.9 Å². The molecule has 0 radical (unpaired) electrons. The number of aromatic amines is 1. The van der Waals surface area contributed by atoms with E-state index < -0.39 is 5.54 Å². The molecule has 2 heterocycles. The Morgan fingerprint density at radius 2 is 1.32 bits per heavy atom. The van der Waals surface area contributed by atoms with E-state index in [1.807, 2.05) is 12.1 Å². The molecular weight excluding hydrogens is 544 g/mol. The van der Waals surface area contributed by atoms with Crippen molar-refractivity contribution in [3.8, 4) is 11.5 Å². The van der Waals surface area contributed by atoms with Crippen LogP contribution >= 0.6 is 0 Å². The molecule has 1 atom stereocenters. The summed E-state index contributed by atoms with van der Waals surface area (Å²) in [5, 5.41) is 21.4. The van der Waals surface area contributed by atoms with Crippen molar-refractivity contribution in [2.45, 2.75) is 109 Å². The van der Waals surface area contributed by atoms with Gasteiger partial charge < -0.3 is 15.2 Å². The molecule has 0 spiro atoms. The van der Waals surface area contributed by atoms with Crippen molar-refractivity contribution in [3.63, 3.8) is 0 Å². The van der Waals surface area contributed by atoms with E-state index in [2.05, 4.69) is 41.1 Å². The lowest BCUT2D eigenvalue weighted by Crippen LogP contribution is -2.53. The van der Waals surface area contributed by atoms with Gasteiger partial charge in [-0.2, -0.15) is 0 Å². The minimum Gasteiger partial charge on any atom is -0.508 e. The van der Waals surface area contributed by atoms with Crippen LogP contribution in [0.15, 0.2) is 72.8 Å². The van der Waals surface area contributed by atoms with Crippen LogP contribution in [0.4, 0.5) is 0 Å². The molecule has 0 saturated carbocycles. The van der Waals surface area contributed by atoms with Crippen molar-refractivity contribution < 1.29 is 15.0 Å². The average molecular weight is 595 g/mol. The lowest BCUT2D eigenvalue weighted by atomic mass is 9.76. The van der Waals surface area contributed by atoms with Gasteiger partial charge in [0.15, 0.2) is 5.78 Å². The van der Waals surface area contributed by atoms with Crippen molar-refractivity contribution in [2.75, 3.05) is 6.54 Å². The van der Waals surface area contributed by atoms with E-state index in [1.165, 1.54) is 80.9 Å². The van der Waals surface area contributed by atoms with Gasteiger partial charge in [0, 0.05) is 35.2 Å². The van der Waals surface area contributed by atoms with Gasteiger partial charge in [-0.05, 0) is 66.4 Å². The number of aromatic hydroxyl groups is 2. The SMILES string of the molecule is CCCCCCCCCCCCCCC(C(=O)c1ccc(O)cc1)(c1ccc(O)cc1)N1CCc2c([nH]c3ccccc23)C1. The highest BCUT2D eigenvalue weighted by molar-refractivity contribution is 6.04. The van der Waals surface area contributed by atoms with Gasteiger partial charge >= 0.3 is 0 Å². The smallest absolute Gasteiger partial charge is 0.187 e. The van der Waals surface area contributed by atoms with Gasteiger partial charge in [-0.15, -0.1) is 0 Å². The van der Waals surface area contributed by atoms with Crippen molar-refractivity contribution in [1.82, 2.24) is 9.88 Å². The van der Waals surface area contributed by atoms with Crippen molar-refractivity contribution in [1.29, 1.82) is 0 Å². The molecule has 1 unspecified atom stereocenters. The highest BCUT2D eigenvalue weighted by Crippen LogP contribution is 2.42. The molecule has 0 saturated heterocycles. The molecule has 5 nitrogen and oxygen atoms in total. The van der Waals surface area contributed by atoms with Crippen LogP contribution in [-0.2, 0) is 18.5 Å². The van der Waals surface area contributed by atoms with Crippen molar-refractivity contribution in [3.05, 3.63) is 95.2 Å². The van der Waals surface area contributed by atoms with Crippen LogP contribution in [0.3, 0.4) is 0 Å². The van der Waals surface area contributed by atoms with E-state index in [0.717, 1.165) is 36.9 Å². The number of phenols is 2. The molecule has 0 amide bonds. The molecule has 0 aliphatic carbocycles. The first kappa shape index (κ1) is 31.8. The van der Waals surface area contributed by atoms with Crippen molar-refractivity contribution >= 4 is 16.7 Å². The largest absolute Gasteiger partial charge is 0.508 e. The first-order valence-corrected chi connectivity index (χ1v) is 17.0. The zero-order valence-electron chi connectivity index (χ0n) is 26.5. The Balaban J connectivity index is 1.35. The predicted molar refractivity (Wildman–Crippen MR) is 180 cm³/mol. The number of unbranched alkanes of at least 4 members (excludes halogenated alkanes) is 11. The standard InChI is InChI=1S/C39H50N2O3/c1-2-3-4-5-6-7-8-9-10-11-12-15-27-39(31-20-24-33(43)25-21-31,38(44)30-18-22-32(42)23-19-30)41-28-26-35-34-16-13-14-17-36(34)40-37(35)29-41/h13-14,16-25,40,42-43H,2-12,15,26-29H2,1H3. The molecule has 3 N–H and O–H groups in total. The van der Waals surface area contributed by atoms with Crippen LogP contribution < -0.4 is 0 Å². The maximum absolute atomic E-state index is 14.8. The first-order chi connectivity index (χ1) is 21.5. The number of para-hydroxylation sites is 1. The van der Waals surface area contributed by atoms with E-state index >= 15 is 0 Å². The molecule has 5 heteroatoms. The van der Waals surface area contributed by atoms with E-state index in [0.29, 0.717) is 18.5 Å². The number of ketones is 1. The normalized spacial score (nSPS) is 14.8. The molecular formula is C39H50N2O3. The van der Waals surface area contributed by atoms with Crippen LogP contribution in [0.2, 0.25) is 0 Å². The Kier molecular flexibility index (Phi) is 11.2. The fourth-order valence-corrected chi connectivity index (χ4v) is 7.20. The first-order valence-electron chi connectivity index (χ1n) is 17.0. The number of rotatable bonds is 17. The van der Waals surface area contributed by atoms with Crippen LogP contribution in [-0.4, -0.2) is 32.4 Å². The summed E-state index contributed by atoms with van der Waals surface area (Å²) in [6, 6.07) is 22.4. The Labute approximate surface area is 263 Å². The molecule has 0 bridgehead atoms. The summed E-state index contributed by atoms with van der Waals surface area (Å²) in [4.78, 5) is 20.8. The number of H-pyrrole nitrogens is 1. The number of Topliss-reactive ketones (excluding diaryl/α,β-unsaturated/α-hetero) is 1. The third-order valence-electron chi connectivity index (χ3n) is 9.66. The van der Waals surface area contributed by atoms with E-state index in [9.17, 15) is 15.0 Å². The number of benzene rings is 3. The molecule has 5 rings (SSSR count). The van der Waals surface area contributed by atoms with Gasteiger partial charge in [0.1, 0.15) is 17.0 Å². The minimum atomic E-state index is -0.891. The fraction of sp³-hybridized carbons (Fsp3) is 0.462. The van der Waals surface area contributed by atoms with E-state index in [4.69, 9.17) is 0 Å². The number of aromatic nitrogens is 1. The van der Waals surface area contributed by atoms with Gasteiger partial charge in [-0.3, -0.25) is 9.69 Å². The number of carbonyl (C=O) groups excluding carboxylic acids is 1.